The van der Waals surface area contributed by atoms with E-state index in [0.29, 0.717) is 57.1 Å². The van der Waals surface area contributed by atoms with Crippen molar-refractivity contribution in [3.8, 4) is 0 Å². The van der Waals surface area contributed by atoms with Gasteiger partial charge in [0.2, 0.25) is 5.79 Å². The Hall–Kier alpha value is -3.37. The number of Topliss-reactive ketones (excluding diaryl/α,β-unsaturated/α-hetero) is 3. The van der Waals surface area contributed by atoms with E-state index in [-0.39, 0.29) is 73.3 Å². The van der Waals surface area contributed by atoms with Crippen LogP contribution in [-0.4, -0.2) is 146 Å². The van der Waals surface area contributed by atoms with Crippen molar-refractivity contribution >= 4 is 29.2 Å². The van der Waals surface area contributed by atoms with E-state index in [1.54, 1.807) is 41.1 Å². The maximum Gasteiger partial charge on any atom is 0.329 e. The van der Waals surface area contributed by atoms with Crippen molar-refractivity contribution in [3.05, 3.63) is 47.6 Å². The Morgan fingerprint density at radius 2 is 1.59 bits per heavy atom. The lowest BCUT2D eigenvalue weighted by molar-refractivity contribution is -0.265. The number of carbonyl (C=O) groups is 5. The fourth-order valence-electron chi connectivity index (χ4n) is 10.6. The highest BCUT2D eigenvalue weighted by Crippen LogP contribution is 2.38. The van der Waals surface area contributed by atoms with Crippen LogP contribution < -0.4 is 0 Å². The maximum atomic E-state index is 14.5. The van der Waals surface area contributed by atoms with Crippen molar-refractivity contribution in [1.29, 1.82) is 0 Å². The molecular formula is C55H88N2O12. The van der Waals surface area contributed by atoms with Gasteiger partial charge in [-0.1, -0.05) is 71.1 Å². The van der Waals surface area contributed by atoms with E-state index < -0.39 is 65.7 Å². The molecule has 3 fully saturated rings. The van der Waals surface area contributed by atoms with Gasteiger partial charge in [-0.2, -0.15) is 0 Å². The lowest BCUT2D eigenvalue weighted by atomic mass is 9.78. The average molecular weight is 969 g/mol. The van der Waals surface area contributed by atoms with Crippen molar-refractivity contribution < 1.29 is 57.9 Å². The first-order valence-corrected chi connectivity index (χ1v) is 25.9. The summed E-state index contributed by atoms with van der Waals surface area (Å²) in [5.74, 6) is -7.16. The van der Waals surface area contributed by atoms with Crippen LogP contribution in [0.2, 0.25) is 0 Å². The minimum Gasteiger partial charge on any atom is -0.460 e. The molecule has 69 heavy (non-hydrogen) atoms. The van der Waals surface area contributed by atoms with Crippen LogP contribution in [0.15, 0.2) is 47.6 Å². The highest BCUT2D eigenvalue weighted by Gasteiger charge is 2.53. The number of hydrogen-bond acceptors (Lipinski definition) is 13. The van der Waals surface area contributed by atoms with Crippen LogP contribution in [0.4, 0.5) is 0 Å². The molecule has 2 saturated heterocycles. The summed E-state index contributed by atoms with van der Waals surface area (Å²) in [6.07, 6.45) is 15.4. The molecule has 14 heteroatoms. The summed E-state index contributed by atoms with van der Waals surface area (Å²) >= 11 is 0. The van der Waals surface area contributed by atoms with Crippen molar-refractivity contribution in [2.45, 2.75) is 187 Å². The molecule has 0 aromatic heterocycles. The number of piperidine rings is 1. The summed E-state index contributed by atoms with van der Waals surface area (Å²) < 4.78 is 30.6. The number of carbonyl (C=O) groups excluding carboxylic acids is 5. The third-order valence-electron chi connectivity index (χ3n) is 15.2. The molecule has 2 bridgehead atoms. The van der Waals surface area contributed by atoms with E-state index in [1.807, 2.05) is 72.2 Å². The second kappa shape index (κ2) is 28.0. The van der Waals surface area contributed by atoms with Gasteiger partial charge < -0.3 is 43.7 Å². The molecule has 0 aromatic rings. The summed E-state index contributed by atoms with van der Waals surface area (Å²) in [6, 6.07) is -1.11. The quantitative estimate of drug-likeness (QED) is 0.0951. The number of nitrogens with zero attached hydrogens (tertiary/aromatic N) is 2. The Morgan fingerprint density at radius 3 is 2.29 bits per heavy atom. The number of esters is 1. The Balaban J connectivity index is 1.64. The number of rotatable bonds is 10. The Kier molecular flexibility index (Phi) is 23.6. The molecule has 1 amide bonds. The average Bonchev–Trinajstić information content (AvgIpc) is 3.31. The molecule has 0 radical (unpaired) electrons. The number of ketones is 3. The normalized spacial score (nSPS) is 37.8. The first kappa shape index (κ1) is 58.2. The summed E-state index contributed by atoms with van der Waals surface area (Å²) in [5.41, 5.74) is 1.41. The monoisotopic (exact) mass is 969 g/mol. The molecular weight excluding hydrogens is 881 g/mol. The lowest BCUT2D eigenvalue weighted by Gasteiger charge is -2.42. The third-order valence-corrected chi connectivity index (χ3v) is 15.2. The summed E-state index contributed by atoms with van der Waals surface area (Å²) in [4.78, 5) is 73.9. The van der Waals surface area contributed by atoms with Crippen LogP contribution in [0.25, 0.3) is 0 Å². The Labute approximate surface area is 413 Å². The van der Waals surface area contributed by atoms with Gasteiger partial charge in [0, 0.05) is 64.4 Å². The molecule has 1 aliphatic carbocycles. The largest absolute Gasteiger partial charge is 0.460 e. The van der Waals surface area contributed by atoms with Crippen LogP contribution >= 0.6 is 0 Å². The van der Waals surface area contributed by atoms with Gasteiger partial charge in [-0.3, -0.25) is 19.2 Å². The van der Waals surface area contributed by atoms with Gasteiger partial charge in [-0.15, -0.1) is 0 Å². The van der Waals surface area contributed by atoms with E-state index in [2.05, 4.69) is 4.90 Å². The molecule has 3 heterocycles. The van der Waals surface area contributed by atoms with Crippen LogP contribution in [0.3, 0.4) is 0 Å². The van der Waals surface area contributed by atoms with E-state index in [0.717, 1.165) is 37.8 Å². The molecule has 3 aliphatic heterocycles. The van der Waals surface area contributed by atoms with Gasteiger partial charge >= 0.3 is 5.97 Å². The summed E-state index contributed by atoms with van der Waals surface area (Å²) in [6.45, 7) is 14.6. The second-order valence-corrected chi connectivity index (χ2v) is 21.3. The standard InChI is InChI=1S/C55H88N2O12/c1-35-18-13-12-14-19-36(2)49(65-10)32-43-23-21-41(7)55(64,69-43)52(61)53(62)57-26-16-15-20-44(57)54(63)68-50(34-47(60)39(5)29-38(4)46(59)33-45(58)37(3)28-35)40(6)30-42-22-24-48(51(31-42)66-11)67-27-17-25-56(8)9/h12-14,18-19,29,35,37,39-44,46,48-51,59,64H,15-17,20-28,30-34H2,1-11H3/b14-12+,18-13+,36-19+,38-29+/t35-,37-,39-,40-,41-,42+,43+,44+,46+,48-,49+,50+,51-,55-/m1/s1. The third kappa shape index (κ3) is 17.1. The van der Waals surface area contributed by atoms with Crippen molar-refractivity contribution in [2.24, 2.45) is 35.5 Å². The van der Waals surface area contributed by atoms with E-state index >= 15 is 0 Å². The predicted molar refractivity (Wildman–Crippen MR) is 266 cm³/mol. The van der Waals surface area contributed by atoms with Gasteiger partial charge in [-0.05, 0) is 134 Å². The topological polar surface area (TPSA) is 178 Å². The number of aliphatic hydroxyl groups excluding tert-OH is 1. The first-order chi connectivity index (χ1) is 32.7. The maximum absolute atomic E-state index is 14.5. The van der Waals surface area contributed by atoms with Gasteiger partial charge in [-0.25, -0.2) is 4.79 Å². The molecule has 0 unspecified atom stereocenters. The Morgan fingerprint density at radius 1 is 0.855 bits per heavy atom. The highest BCUT2D eigenvalue weighted by molar-refractivity contribution is 6.39. The number of allylic oxidation sites excluding steroid dienone is 6. The molecule has 4 rings (SSSR count). The lowest BCUT2D eigenvalue weighted by Crippen LogP contribution is -2.61. The van der Waals surface area contributed by atoms with Gasteiger partial charge in [0.05, 0.1) is 30.5 Å². The number of methoxy groups -OCH3 is 2. The molecule has 1 saturated carbocycles. The molecule has 390 valence electrons. The second-order valence-electron chi connectivity index (χ2n) is 21.3. The van der Waals surface area contributed by atoms with Crippen LogP contribution in [0.5, 0.6) is 0 Å². The highest BCUT2D eigenvalue weighted by atomic mass is 16.6. The van der Waals surface area contributed by atoms with E-state index in [4.69, 9.17) is 23.7 Å². The van der Waals surface area contributed by atoms with E-state index in [9.17, 15) is 34.2 Å². The molecule has 0 spiro atoms. The smallest absolute Gasteiger partial charge is 0.329 e. The first-order valence-electron chi connectivity index (χ1n) is 25.9. The number of cyclic esters (lactones) is 1. The summed E-state index contributed by atoms with van der Waals surface area (Å²) in [5, 5.41) is 23.2. The van der Waals surface area contributed by atoms with Crippen molar-refractivity contribution in [3.63, 3.8) is 0 Å². The zero-order valence-corrected chi connectivity index (χ0v) is 43.9. The molecule has 14 nitrogen and oxygen atoms in total. The number of fused-ring (bicyclic) bond motifs is 3. The van der Waals surface area contributed by atoms with Crippen LogP contribution in [-0.2, 0) is 47.7 Å². The van der Waals surface area contributed by atoms with Gasteiger partial charge in [0.15, 0.2) is 0 Å². The molecule has 2 N–H and O–H groups in total. The molecule has 14 atom stereocenters. The van der Waals surface area contributed by atoms with Gasteiger partial charge in [0.1, 0.15) is 23.7 Å². The van der Waals surface area contributed by atoms with Crippen molar-refractivity contribution in [1.82, 2.24) is 9.80 Å². The molecule has 0 aromatic carbocycles. The number of hydrogen-bond donors (Lipinski definition) is 2. The molecule has 4 aliphatic rings. The number of ether oxygens (including phenoxy) is 5. The minimum atomic E-state index is -2.41. The zero-order chi connectivity index (χ0) is 51.0. The fourth-order valence-corrected chi connectivity index (χ4v) is 10.6. The van der Waals surface area contributed by atoms with Crippen LogP contribution in [0.1, 0.15) is 138 Å². The Bertz CT molecular complexity index is 1830. The minimum absolute atomic E-state index is 0.0291. The summed E-state index contributed by atoms with van der Waals surface area (Å²) in [7, 11) is 7.37. The fraction of sp³-hybridized carbons (Fsp3) is 0.764. The predicted octanol–water partition coefficient (Wildman–Crippen LogP) is 7.53. The van der Waals surface area contributed by atoms with Crippen molar-refractivity contribution in [2.75, 3.05) is 48.0 Å². The number of amides is 1. The van der Waals surface area contributed by atoms with E-state index in [1.165, 1.54) is 4.90 Å². The number of aliphatic hydroxyl groups is 2. The SMILES string of the molecule is CO[C@H]1C[C@@H]2CC[C@@H](C)[C@@](O)(O2)C(=O)C(=O)N2CCCC[C@H]2C(=O)O[C@H]([C@H](C)C[C@@H]2CC[C@@H](OCCCN(C)C)[C@H](OC)C2)CC(=O)[C@H](C)/C=C(\C)[C@@H](O)CC(=O)[C@H](C)C[C@H](C)/C=C/C=C/C=C/1C. The zero-order valence-electron chi connectivity index (χ0n) is 43.9. The van der Waals surface area contributed by atoms with Crippen LogP contribution in [0, 0.1) is 35.5 Å². The van der Waals surface area contributed by atoms with Gasteiger partial charge in [0.25, 0.3) is 11.7 Å².